The highest BCUT2D eigenvalue weighted by Gasteiger charge is 2.40. The van der Waals surface area contributed by atoms with Crippen molar-refractivity contribution in [1.82, 2.24) is 4.72 Å². The Bertz CT molecular complexity index is 276. The lowest BCUT2D eigenvalue weighted by molar-refractivity contribution is 0.363. The number of rotatable bonds is 6. The minimum absolute atomic E-state index is 0. The van der Waals surface area contributed by atoms with Crippen molar-refractivity contribution in [2.24, 2.45) is 5.73 Å². The van der Waals surface area contributed by atoms with E-state index in [1.807, 2.05) is 13.8 Å². The second-order valence-corrected chi connectivity index (χ2v) is 6.00. The van der Waals surface area contributed by atoms with Crippen molar-refractivity contribution in [2.45, 2.75) is 50.3 Å². The molecule has 1 rings (SSSR count). The van der Waals surface area contributed by atoms with Crippen LogP contribution in [0.5, 0.6) is 0 Å². The summed E-state index contributed by atoms with van der Waals surface area (Å²) in [6.45, 7) is 4.30. The second kappa shape index (κ2) is 5.48. The standard InChI is InChI=1S/C9H20N2O2S.ClH/c1-3-9(4-2,7-10)11-14(12,13)8-5-6-8;/h8,11H,3-7,10H2,1-2H3;1H. The number of halogens is 1. The molecule has 0 heterocycles. The molecule has 0 bridgehead atoms. The summed E-state index contributed by atoms with van der Waals surface area (Å²) in [5.74, 6) is 0. The molecular weight excluding hydrogens is 236 g/mol. The molecule has 1 saturated carbocycles. The van der Waals surface area contributed by atoms with E-state index in [1.165, 1.54) is 0 Å². The molecule has 0 amide bonds. The lowest BCUT2D eigenvalue weighted by Gasteiger charge is -2.30. The Morgan fingerprint density at radius 2 is 1.80 bits per heavy atom. The second-order valence-electron chi connectivity index (χ2n) is 4.04. The van der Waals surface area contributed by atoms with E-state index in [9.17, 15) is 8.42 Å². The lowest BCUT2D eigenvalue weighted by Crippen LogP contribution is -2.53. The molecule has 0 radical (unpaired) electrons. The summed E-state index contributed by atoms with van der Waals surface area (Å²) < 4.78 is 26.2. The van der Waals surface area contributed by atoms with E-state index >= 15 is 0 Å². The van der Waals surface area contributed by atoms with Crippen molar-refractivity contribution in [3.63, 3.8) is 0 Å². The van der Waals surface area contributed by atoms with Crippen LogP contribution >= 0.6 is 12.4 Å². The van der Waals surface area contributed by atoms with Crippen LogP contribution in [0.1, 0.15) is 39.5 Å². The molecule has 0 aromatic carbocycles. The monoisotopic (exact) mass is 256 g/mol. The Morgan fingerprint density at radius 3 is 2.07 bits per heavy atom. The fraction of sp³-hybridized carbons (Fsp3) is 1.00. The molecule has 1 aliphatic rings. The number of nitrogens with two attached hydrogens (primary N) is 1. The Labute approximate surface area is 98.5 Å². The van der Waals surface area contributed by atoms with Crippen molar-refractivity contribution < 1.29 is 8.42 Å². The molecule has 15 heavy (non-hydrogen) atoms. The van der Waals surface area contributed by atoms with E-state index in [-0.39, 0.29) is 17.7 Å². The van der Waals surface area contributed by atoms with E-state index in [2.05, 4.69) is 4.72 Å². The first-order valence-electron chi connectivity index (χ1n) is 5.22. The molecule has 0 atom stereocenters. The van der Waals surface area contributed by atoms with Crippen LogP contribution in [-0.4, -0.2) is 25.8 Å². The molecule has 0 saturated heterocycles. The molecule has 1 aliphatic carbocycles. The molecule has 3 N–H and O–H groups in total. The number of hydrogen-bond donors (Lipinski definition) is 2. The van der Waals surface area contributed by atoms with Gasteiger partial charge >= 0.3 is 0 Å². The quantitative estimate of drug-likeness (QED) is 0.745. The van der Waals surface area contributed by atoms with E-state index in [0.29, 0.717) is 6.54 Å². The van der Waals surface area contributed by atoms with Gasteiger partial charge in [-0.3, -0.25) is 0 Å². The molecule has 4 nitrogen and oxygen atoms in total. The van der Waals surface area contributed by atoms with Crippen molar-refractivity contribution in [1.29, 1.82) is 0 Å². The summed E-state index contributed by atoms with van der Waals surface area (Å²) in [5.41, 5.74) is 5.20. The van der Waals surface area contributed by atoms with Crippen LogP contribution in [0.4, 0.5) is 0 Å². The summed E-state index contributed by atoms with van der Waals surface area (Å²) in [6.07, 6.45) is 3.07. The average molecular weight is 257 g/mol. The van der Waals surface area contributed by atoms with E-state index < -0.39 is 15.6 Å². The Morgan fingerprint density at radius 1 is 1.33 bits per heavy atom. The first-order chi connectivity index (χ1) is 6.49. The maximum Gasteiger partial charge on any atom is 0.215 e. The zero-order valence-corrected chi connectivity index (χ0v) is 11.0. The maximum atomic E-state index is 11.7. The van der Waals surface area contributed by atoms with Gasteiger partial charge in [-0.15, -0.1) is 12.4 Å². The smallest absolute Gasteiger partial charge is 0.215 e. The molecule has 0 aromatic heterocycles. The third-order valence-electron chi connectivity index (χ3n) is 3.07. The van der Waals surface area contributed by atoms with E-state index in [4.69, 9.17) is 5.73 Å². The van der Waals surface area contributed by atoms with Gasteiger partial charge in [0.1, 0.15) is 0 Å². The SMILES string of the molecule is CCC(CC)(CN)NS(=O)(=O)C1CC1.Cl. The molecule has 0 aliphatic heterocycles. The summed E-state index contributed by atoms with van der Waals surface area (Å²) in [4.78, 5) is 0. The van der Waals surface area contributed by atoms with Crippen molar-refractivity contribution >= 4 is 22.4 Å². The van der Waals surface area contributed by atoms with Gasteiger partial charge in [-0.25, -0.2) is 13.1 Å². The molecular formula is C9H21ClN2O2S. The highest BCUT2D eigenvalue weighted by molar-refractivity contribution is 7.90. The van der Waals surface area contributed by atoms with Gasteiger partial charge in [0.05, 0.1) is 5.25 Å². The van der Waals surface area contributed by atoms with Crippen molar-refractivity contribution in [2.75, 3.05) is 6.54 Å². The highest BCUT2D eigenvalue weighted by Crippen LogP contribution is 2.29. The first kappa shape index (κ1) is 15.2. The summed E-state index contributed by atoms with van der Waals surface area (Å²) in [7, 11) is -3.11. The summed E-state index contributed by atoms with van der Waals surface area (Å²) >= 11 is 0. The minimum Gasteiger partial charge on any atom is -0.329 e. The van der Waals surface area contributed by atoms with Crippen LogP contribution in [0.2, 0.25) is 0 Å². The van der Waals surface area contributed by atoms with Crippen LogP contribution in [0.15, 0.2) is 0 Å². The van der Waals surface area contributed by atoms with Crippen molar-refractivity contribution in [3.8, 4) is 0 Å². The van der Waals surface area contributed by atoms with Gasteiger partial charge < -0.3 is 5.73 Å². The first-order valence-corrected chi connectivity index (χ1v) is 6.77. The number of sulfonamides is 1. The lowest BCUT2D eigenvalue weighted by atomic mass is 9.95. The Kier molecular flexibility index (Phi) is 5.54. The summed E-state index contributed by atoms with van der Waals surface area (Å²) in [5, 5.41) is -0.161. The Balaban J connectivity index is 0.00000196. The third-order valence-corrected chi connectivity index (χ3v) is 5.13. The zero-order valence-electron chi connectivity index (χ0n) is 9.32. The van der Waals surface area contributed by atoms with Gasteiger partial charge in [0.15, 0.2) is 0 Å². The van der Waals surface area contributed by atoms with Crippen LogP contribution in [-0.2, 0) is 10.0 Å². The molecule has 1 fully saturated rings. The number of hydrogen-bond acceptors (Lipinski definition) is 3. The van der Waals surface area contributed by atoms with Crippen molar-refractivity contribution in [3.05, 3.63) is 0 Å². The van der Waals surface area contributed by atoms with Gasteiger partial charge in [-0.1, -0.05) is 13.8 Å². The van der Waals surface area contributed by atoms with Crippen LogP contribution in [0.25, 0.3) is 0 Å². The molecule has 0 spiro atoms. The molecule has 0 aromatic rings. The van der Waals surface area contributed by atoms with Gasteiger partial charge in [0, 0.05) is 12.1 Å². The fourth-order valence-corrected chi connectivity index (χ4v) is 3.39. The van der Waals surface area contributed by atoms with Gasteiger partial charge in [0.2, 0.25) is 10.0 Å². The molecule has 0 unspecified atom stereocenters. The minimum atomic E-state index is -3.11. The predicted molar refractivity (Wildman–Crippen MR) is 64.7 cm³/mol. The molecule has 92 valence electrons. The van der Waals surface area contributed by atoms with Crippen LogP contribution in [0.3, 0.4) is 0 Å². The van der Waals surface area contributed by atoms with Crippen LogP contribution < -0.4 is 10.5 Å². The number of nitrogens with one attached hydrogen (secondary N) is 1. The van der Waals surface area contributed by atoms with Gasteiger partial charge in [-0.05, 0) is 25.7 Å². The maximum absolute atomic E-state index is 11.7. The third kappa shape index (κ3) is 3.59. The molecule has 6 heteroatoms. The normalized spacial score (nSPS) is 17.3. The van der Waals surface area contributed by atoms with E-state index in [0.717, 1.165) is 25.7 Å². The highest BCUT2D eigenvalue weighted by atomic mass is 35.5. The zero-order chi connectivity index (χ0) is 10.8. The van der Waals surface area contributed by atoms with Gasteiger partial charge in [-0.2, -0.15) is 0 Å². The Hall–Kier alpha value is 0.160. The summed E-state index contributed by atoms with van der Waals surface area (Å²) in [6, 6.07) is 0. The van der Waals surface area contributed by atoms with E-state index in [1.54, 1.807) is 0 Å². The topological polar surface area (TPSA) is 72.2 Å². The van der Waals surface area contributed by atoms with Crippen LogP contribution in [0, 0.1) is 0 Å². The largest absolute Gasteiger partial charge is 0.329 e. The average Bonchev–Trinajstić information content (AvgIpc) is 2.97. The fourth-order valence-electron chi connectivity index (χ4n) is 1.49. The van der Waals surface area contributed by atoms with Gasteiger partial charge in [0.25, 0.3) is 0 Å². The predicted octanol–water partition coefficient (Wildman–Crippen LogP) is 1.01.